The maximum absolute atomic E-state index is 13.5. The molecule has 0 aromatic heterocycles. The SMILES string of the molecule is CC(=O)c1cc(C(=O)NC(CS(=O)(=O)O)C(=O)N[C@H](CS(=O)(=O)O)C(=O)N[C@H](CS(=O)(=O)O)C(=O)O)c(C(C)=O)cc1C(=O)NC(C)C(=O)N[C@H](C)C(=O)N[C@H](C)C(=O)O. The Kier molecular flexibility index (Phi) is 18.1. The summed E-state index contributed by atoms with van der Waals surface area (Å²) in [6, 6.07) is -10.4. The van der Waals surface area contributed by atoms with Crippen molar-refractivity contribution in [1.29, 1.82) is 0 Å². The fourth-order valence-electron chi connectivity index (χ4n) is 4.65. The predicted octanol–water partition coefficient (Wildman–Crippen LogP) is -4.88. The van der Waals surface area contributed by atoms with E-state index in [1.54, 1.807) is 10.6 Å². The van der Waals surface area contributed by atoms with Crippen molar-refractivity contribution in [3.63, 3.8) is 0 Å². The van der Waals surface area contributed by atoms with Gasteiger partial charge in [-0.05, 0) is 46.8 Å². The van der Waals surface area contributed by atoms with E-state index in [1.165, 1.54) is 12.2 Å². The van der Waals surface area contributed by atoms with Gasteiger partial charge in [-0.25, -0.2) is 4.79 Å². The number of carboxylic acids is 2. The molecule has 60 heavy (non-hydrogen) atoms. The van der Waals surface area contributed by atoms with E-state index in [0.29, 0.717) is 12.1 Å². The number of ketones is 2. The summed E-state index contributed by atoms with van der Waals surface area (Å²) >= 11 is 0. The van der Waals surface area contributed by atoms with E-state index in [9.17, 15) is 87.4 Å². The molecule has 11 N–H and O–H groups in total. The molecule has 0 bridgehead atoms. The van der Waals surface area contributed by atoms with Crippen LogP contribution in [0.15, 0.2) is 12.1 Å². The van der Waals surface area contributed by atoms with Crippen molar-refractivity contribution in [3.05, 3.63) is 34.4 Å². The first kappa shape index (κ1) is 52.1. The van der Waals surface area contributed by atoms with Gasteiger partial charge in [0.15, 0.2) is 11.6 Å². The molecule has 2 unspecified atom stereocenters. The van der Waals surface area contributed by atoms with E-state index in [4.69, 9.17) is 9.66 Å². The van der Waals surface area contributed by atoms with Gasteiger partial charge in [0.25, 0.3) is 42.2 Å². The normalized spacial score (nSPS) is 14.7. The topological polar surface area (TPSA) is 446 Å². The molecule has 27 nitrogen and oxygen atoms in total. The number of aliphatic carboxylic acids is 2. The lowest BCUT2D eigenvalue weighted by Gasteiger charge is -2.23. The summed E-state index contributed by atoms with van der Waals surface area (Å²) < 4.78 is 97.2. The Labute approximate surface area is 340 Å². The van der Waals surface area contributed by atoms with Gasteiger partial charge in [-0.2, -0.15) is 25.3 Å². The second kappa shape index (κ2) is 20.8. The lowest BCUT2D eigenvalue weighted by atomic mass is 9.93. The maximum Gasteiger partial charge on any atom is 0.327 e. The quantitative estimate of drug-likeness (QED) is 0.0384. The second-order valence-corrected chi connectivity index (χ2v) is 17.3. The Morgan fingerprint density at radius 3 is 1.12 bits per heavy atom. The van der Waals surface area contributed by atoms with Gasteiger partial charge in [0.1, 0.15) is 53.5 Å². The first-order valence-corrected chi connectivity index (χ1v) is 21.3. The number of benzene rings is 1. The summed E-state index contributed by atoms with van der Waals surface area (Å²) in [5.74, 6) is -19.1. The highest BCUT2D eigenvalue weighted by atomic mass is 32.2. The van der Waals surface area contributed by atoms with Gasteiger partial charge < -0.3 is 42.1 Å². The van der Waals surface area contributed by atoms with Gasteiger partial charge in [0, 0.05) is 11.1 Å². The number of nitrogens with one attached hydrogen (secondary N) is 6. The molecule has 0 saturated heterocycles. The van der Waals surface area contributed by atoms with Gasteiger partial charge in [0.05, 0.1) is 11.1 Å². The van der Waals surface area contributed by atoms with E-state index >= 15 is 0 Å². The zero-order valence-corrected chi connectivity index (χ0v) is 34.2. The number of carbonyl (C=O) groups excluding carboxylic acids is 8. The number of rotatable bonds is 22. The van der Waals surface area contributed by atoms with Gasteiger partial charge in [-0.1, -0.05) is 0 Å². The van der Waals surface area contributed by atoms with Crippen molar-refractivity contribution in [2.24, 2.45) is 0 Å². The zero-order chi connectivity index (χ0) is 46.8. The molecular weight excluding hydrogens is 877 g/mol. The van der Waals surface area contributed by atoms with Gasteiger partial charge in [0.2, 0.25) is 23.6 Å². The molecule has 334 valence electrons. The molecule has 30 heteroatoms. The first-order chi connectivity index (χ1) is 27.1. The third kappa shape index (κ3) is 17.1. The summed E-state index contributed by atoms with van der Waals surface area (Å²) in [6.45, 7) is 5.21. The average Bonchev–Trinajstić information content (AvgIpc) is 3.07. The third-order valence-corrected chi connectivity index (χ3v) is 9.89. The first-order valence-electron chi connectivity index (χ1n) is 16.5. The van der Waals surface area contributed by atoms with Crippen LogP contribution in [-0.4, -0.2) is 162 Å². The predicted molar refractivity (Wildman–Crippen MR) is 198 cm³/mol. The lowest BCUT2D eigenvalue weighted by Crippen LogP contribution is -2.59. The van der Waals surface area contributed by atoms with Crippen molar-refractivity contribution in [2.45, 2.75) is 70.9 Å². The van der Waals surface area contributed by atoms with Crippen LogP contribution in [0, 0.1) is 0 Å². The largest absolute Gasteiger partial charge is 0.480 e. The van der Waals surface area contributed by atoms with Crippen molar-refractivity contribution in [1.82, 2.24) is 31.9 Å². The van der Waals surface area contributed by atoms with Gasteiger partial charge in [-0.3, -0.25) is 56.8 Å². The molecule has 0 spiro atoms. The van der Waals surface area contributed by atoms with Crippen LogP contribution in [0.1, 0.15) is 76.1 Å². The molecule has 0 radical (unpaired) electrons. The van der Waals surface area contributed by atoms with Gasteiger partial charge in [-0.15, -0.1) is 0 Å². The number of Topliss-reactive ketones (excluding diaryl/α,β-unsaturated/α-hetero) is 2. The molecule has 1 aromatic carbocycles. The molecule has 6 amide bonds. The number of carboxylic acid groups (broad SMARTS) is 2. The summed E-state index contributed by atoms with van der Waals surface area (Å²) in [5, 5.41) is 29.5. The highest BCUT2D eigenvalue weighted by molar-refractivity contribution is 7.86. The maximum atomic E-state index is 13.5. The van der Waals surface area contributed by atoms with Crippen LogP contribution in [0.25, 0.3) is 0 Å². The molecule has 0 aliphatic carbocycles. The van der Waals surface area contributed by atoms with Crippen molar-refractivity contribution in [3.8, 4) is 0 Å². The number of carbonyl (C=O) groups is 10. The van der Waals surface area contributed by atoms with E-state index in [0.717, 1.165) is 27.7 Å². The Balaban J connectivity index is 3.58. The number of hydrogen-bond donors (Lipinski definition) is 11. The molecule has 0 aliphatic heterocycles. The molecular formula is C30H40N6O21S3. The zero-order valence-electron chi connectivity index (χ0n) is 31.7. The minimum atomic E-state index is -5.31. The summed E-state index contributed by atoms with van der Waals surface area (Å²) in [5.41, 5.74) is -2.76. The van der Waals surface area contributed by atoms with Crippen molar-refractivity contribution >= 4 is 89.3 Å². The minimum absolute atomic E-state index is 0.620. The van der Waals surface area contributed by atoms with E-state index in [2.05, 4.69) is 16.0 Å². The Morgan fingerprint density at radius 2 is 0.767 bits per heavy atom. The minimum Gasteiger partial charge on any atom is -0.480 e. The Hall–Kier alpha value is -5.95. The highest BCUT2D eigenvalue weighted by Crippen LogP contribution is 2.20. The third-order valence-electron chi connectivity index (χ3n) is 7.63. The van der Waals surface area contributed by atoms with E-state index in [1.807, 2.05) is 0 Å². The summed E-state index contributed by atoms with van der Waals surface area (Å²) in [7, 11) is -15.7. The second-order valence-electron chi connectivity index (χ2n) is 12.8. The molecule has 0 fully saturated rings. The standard InChI is InChI=1S/C30H40N6O21S3/c1-11(24(40)33-13(3)29(45)46)31-23(39)12(2)32-25(41)18-6-17(15(5)38)19(7-16(18)14(4)37)26(42)34-20(8-58(49,50)51)27(43)35-21(9-59(52,53)54)28(44)36-22(30(47)48)10-60(55,56)57/h6-7,11-13,20-22H,8-10H2,1-5H3,(H,31,39)(H,32,41)(H,33,40)(H,34,42)(H,35,43)(H,36,44)(H,45,46)(H,47,48)(H,49,50,51)(H,52,53,54)(H,55,56,57)/t11-,12?,13-,20?,21-,22-/m1/s1. The Morgan fingerprint density at radius 1 is 0.450 bits per heavy atom. The average molecular weight is 917 g/mol. The lowest BCUT2D eigenvalue weighted by molar-refractivity contribution is -0.142. The van der Waals surface area contributed by atoms with Crippen molar-refractivity contribution in [2.75, 3.05) is 17.3 Å². The van der Waals surface area contributed by atoms with E-state index in [-0.39, 0.29) is 0 Å². The summed E-state index contributed by atoms with van der Waals surface area (Å²) in [4.78, 5) is 126. The number of amides is 6. The van der Waals surface area contributed by atoms with Crippen LogP contribution in [0.2, 0.25) is 0 Å². The fourth-order valence-corrected chi connectivity index (χ4v) is 6.61. The Bertz CT molecular complexity index is 2300. The van der Waals surface area contributed by atoms with Crippen LogP contribution in [0.3, 0.4) is 0 Å². The molecule has 0 aliphatic rings. The molecule has 1 aromatic rings. The smallest absolute Gasteiger partial charge is 0.327 e. The van der Waals surface area contributed by atoms with Crippen LogP contribution >= 0.6 is 0 Å². The monoisotopic (exact) mass is 916 g/mol. The molecule has 6 atom stereocenters. The number of hydrogen-bond acceptors (Lipinski definition) is 16. The fraction of sp³-hybridized carbons (Fsp3) is 0.467. The highest BCUT2D eigenvalue weighted by Gasteiger charge is 2.36. The molecule has 0 saturated carbocycles. The van der Waals surface area contributed by atoms with Crippen molar-refractivity contribution < 1.29 is 97.1 Å². The van der Waals surface area contributed by atoms with Crippen LogP contribution in [0.4, 0.5) is 0 Å². The summed E-state index contributed by atoms with van der Waals surface area (Å²) in [6.07, 6.45) is 0. The van der Waals surface area contributed by atoms with Crippen LogP contribution < -0.4 is 31.9 Å². The van der Waals surface area contributed by atoms with Gasteiger partial charge >= 0.3 is 11.9 Å². The molecule has 0 heterocycles. The molecule has 1 rings (SSSR count). The van der Waals surface area contributed by atoms with E-state index < -0.39 is 165 Å². The van der Waals surface area contributed by atoms with Crippen LogP contribution in [-0.2, 0) is 59.1 Å². The van der Waals surface area contributed by atoms with Crippen LogP contribution in [0.5, 0.6) is 0 Å².